The summed E-state index contributed by atoms with van der Waals surface area (Å²) in [5.41, 5.74) is 1.05. The van der Waals surface area contributed by atoms with Gasteiger partial charge in [-0.3, -0.25) is 0 Å². The Morgan fingerprint density at radius 2 is 2.19 bits per heavy atom. The van der Waals surface area contributed by atoms with Crippen LogP contribution in [0.1, 0.15) is 56.3 Å². The van der Waals surface area contributed by atoms with E-state index in [-0.39, 0.29) is 0 Å². The molecule has 0 bridgehead atoms. The van der Waals surface area contributed by atoms with Crippen LogP contribution in [0.2, 0.25) is 5.02 Å². The van der Waals surface area contributed by atoms with Crippen molar-refractivity contribution >= 4 is 40.6 Å². The van der Waals surface area contributed by atoms with E-state index in [1.165, 1.54) is 32.2 Å². The molecule has 0 saturated carbocycles. The lowest BCUT2D eigenvalue weighted by Crippen LogP contribution is -2.40. The smallest absolute Gasteiger partial charge is 0.339 e. The molecule has 2 rings (SSSR count). The van der Waals surface area contributed by atoms with Gasteiger partial charge in [0.2, 0.25) is 0 Å². The van der Waals surface area contributed by atoms with Crippen molar-refractivity contribution in [3.63, 3.8) is 0 Å². The first-order valence-corrected chi connectivity index (χ1v) is 10.6. The van der Waals surface area contributed by atoms with Gasteiger partial charge in [-0.15, -0.1) is 0 Å². The molecular weight excluding hydrogens is 382 g/mol. The Morgan fingerprint density at radius 3 is 2.93 bits per heavy atom. The number of thiocarbonyl (C=S) groups is 1. The highest BCUT2D eigenvalue weighted by atomic mass is 35.5. The zero-order chi connectivity index (χ0) is 19.6. The fourth-order valence-electron chi connectivity index (χ4n) is 3.44. The number of rotatable bonds is 8. The van der Waals surface area contributed by atoms with Crippen LogP contribution in [-0.2, 0) is 4.74 Å². The molecule has 0 radical (unpaired) electrons. The number of piperidine rings is 1. The number of nitrogens with zero attached hydrogens (tertiary/aromatic N) is 1. The second kappa shape index (κ2) is 11.5. The summed E-state index contributed by atoms with van der Waals surface area (Å²) in [6.07, 6.45) is 6.27. The van der Waals surface area contributed by atoms with Crippen molar-refractivity contribution in [2.24, 2.45) is 0 Å². The predicted octanol–water partition coefficient (Wildman–Crippen LogP) is 4.46. The van der Waals surface area contributed by atoms with Crippen LogP contribution in [-0.4, -0.2) is 48.3 Å². The van der Waals surface area contributed by atoms with Crippen LogP contribution < -0.4 is 10.6 Å². The van der Waals surface area contributed by atoms with Gasteiger partial charge in [0, 0.05) is 24.8 Å². The first-order chi connectivity index (χ1) is 13.0. The highest BCUT2D eigenvalue weighted by Crippen LogP contribution is 2.22. The third-order valence-electron chi connectivity index (χ3n) is 4.85. The standard InChI is InChI=1S/C20H30ClN3O2S/c1-3-16-8-5-6-12-24(16)13-7-11-22-20(27)23-15-9-10-18(21)17(14-15)19(25)26-4-2/h9-10,14,16H,3-8,11-13H2,1-2H3,(H2,22,23,27)/t16-/m1/s1. The normalized spacial score (nSPS) is 17.4. The lowest BCUT2D eigenvalue weighted by Gasteiger charge is -2.35. The van der Waals surface area contributed by atoms with Gasteiger partial charge in [-0.25, -0.2) is 4.79 Å². The minimum absolute atomic E-state index is 0.308. The number of nitrogens with one attached hydrogen (secondary N) is 2. The Kier molecular flexibility index (Phi) is 9.31. The van der Waals surface area contributed by atoms with Gasteiger partial charge in [0.25, 0.3) is 0 Å². The molecule has 0 aliphatic carbocycles. The highest BCUT2D eigenvalue weighted by molar-refractivity contribution is 7.80. The number of likely N-dealkylation sites (tertiary alicyclic amines) is 1. The zero-order valence-corrected chi connectivity index (χ0v) is 17.8. The van der Waals surface area contributed by atoms with E-state index in [1.807, 2.05) is 0 Å². The molecule has 7 heteroatoms. The van der Waals surface area contributed by atoms with Crippen LogP contribution >= 0.6 is 23.8 Å². The van der Waals surface area contributed by atoms with Crippen molar-refractivity contribution in [3.8, 4) is 0 Å². The summed E-state index contributed by atoms with van der Waals surface area (Å²) in [7, 11) is 0. The molecule has 1 heterocycles. The average molecular weight is 412 g/mol. The summed E-state index contributed by atoms with van der Waals surface area (Å²) in [4.78, 5) is 14.5. The second-order valence-corrected chi connectivity index (χ2v) is 7.56. The van der Waals surface area contributed by atoms with E-state index >= 15 is 0 Å². The molecular formula is C20H30ClN3O2S. The minimum Gasteiger partial charge on any atom is -0.462 e. The third-order valence-corrected chi connectivity index (χ3v) is 5.42. The van der Waals surface area contributed by atoms with Crippen LogP contribution in [0.3, 0.4) is 0 Å². The van der Waals surface area contributed by atoms with Gasteiger partial charge >= 0.3 is 5.97 Å². The quantitative estimate of drug-likeness (QED) is 0.374. The molecule has 0 amide bonds. The number of carbonyl (C=O) groups excluding carboxylic acids is 1. The highest BCUT2D eigenvalue weighted by Gasteiger charge is 2.19. The van der Waals surface area contributed by atoms with Crippen molar-refractivity contribution in [2.45, 2.75) is 52.0 Å². The molecule has 1 aromatic rings. The lowest BCUT2D eigenvalue weighted by atomic mass is 10.00. The number of anilines is 1. The monoisotopic (exact) mass is 411 g/mol. The number of halogens is 1. The molecule has 1 fully saturated rings. The molecule has 1 aromatic carbocycles. The number of ether oxygens (including phenoxy) is 1. The molecule has 0 spiro atoms. The molecule has 27 heavy (non-hydrogen) atoms. The number of hydrogen-bond acceptors (Lipinski definition) is 4. The van der Waals surface area contributed by atoms with Crippen molar-refractivity contribution in [1.29, 1.82) is 0 Å². The Bertz CT molecular complexity index is 642. The molecule has 1 aliphatic heterocycles. The van der Waals surface area contributed by atoms with Crippen LogP contribution in [0.15, 0.2) is 18.2 Å². The summed E-state index contributed by atoms with van der Waals surface area (Å²) < 4.78 is 5.02. The van der Waals surface area contributed by atoms with Crippen LogP contribution in [0.5, 0.6) is 0 Å². The molecule has 2 N–H and O–H groups in total. The lowest BCUT2D eigenvalue weighted by molar-refractivity contribution is 0.0526. The Balaban J connectivity index is 1.77. The van der Waals surface area contributed by atoms with Gasteiger partial charge in [0.05, 0.1) is 17.2 Å². The second-order valence-electron chi connectivity index (χ2n) is 6.74. The Morgan fingerprint density at radius 1 is 1.37 bits per heavy atom. The van der Waals surface area contributed by atoms with E-state index in [4.69, 9.17) is 28.6 Å². The van der Waals surface area contributed by atoms with E-state index in [1.54, 1.807) is 25.1 Å². The number of esters is 1. The van der Waals surface area contributed by atoms with E-state index in [2.05, 4.69) is 22.5 Å². The molecule has 0 aromatic heterocycles. The van der Waals surface area contributed by atoms with Crippen molar-refractivity contribution in [3.05, 3.63) is 28.8 Å². The maximum Gasteiger partial charge on any atom is 0.339 e. The summed E-state index contributed by atoms with van der Waals surface area (Å²) in [5.74, 6) is -0.433. The summed E-state index contributed by atoms with van der Waals surface area (Å²) in [5, 5.41) is 7.25. The predicted molar refractivity (Wildman–Crippen MR) is 116 cm³/mol. The minimum atomic E-state index is -0.433. The number of hydrogen-bond donors (Lipinski definition) is 2. The van der Waals surface area contributed by atoms with Gasteiger partial charge in [0.15, 0.2) is 5.11 Å². The number of benzene rings is 1. The topological polar surface area (TPSA) is 53.6 Å². The first-order valence-electron chi connectivity index (χ1n) is 9.80. The SMILES string of the molecule is CCOC(=O)c1cc(NC(=S)NCCCN2CCCC[C@H]2CC)ccc1Cl. The van der Waals surface area contributed by atoms with Crippen LogP contribution in [0.4, 0.5) is 5.69 Å². The van der Waals surface area contributed by atoms with Gasteiger partial charge in [0.1, 0.15) is 0 Å². The molecule has 1 atom stereocenters. The molecule has 1 saturated heterocycles. The van der Waals surface area contributed by atoms with Gasteiger partial charge < -0.3 is 20.3 Å². The average Bonchev–Trinajstić information content (AvgIpc) is 2.67. The van der Waals surface area contributed by atoms with Gasteiger partial charge in [-0.1, -0.05) is 24.9 Å². The Labute approximate surface area is 172 Å². The van der Waals surface area contributed by atoms with E-state index in [9.17, 15) is 4.79 Å². The van der Waals surface area contributed by atoms with Crippen LogP contribution in [0.25, 0.3) is 0 Å². The summed E-state index contributed by atoms with van der Waals surface area (Å²) in [6, 6.07) is 5.85. The number of carbonyl (C=O) groups is 1. The van der Waals surface area contributed by atoms with Gasteiger partial charge in [-0.05, 0) is 69.6 Å². The van der Waals surface area contributed by atoms with Crippen molar-refractivity contribution in [2.75, 3.05) is 31.6 Å². The maximum atomic E-state index is 11.9. The molecule has 0 unspecified atom stereocenters. The van der Waals surface area contributed by atoms with E-state index in [0.29, 0.717) is 28.0 Å². The zero-order valence-electron chi connectivity index (χ0n) is 16.2. The summed E-state index contributed by atoms with van der Waals surface area (Å²) in [6.45, 7) is 7.47. The van der Waals surface area contributed by atoms with E-state index < -0.39 is 5.97 Å². The first kappa shape index (κ1) is 21.9. The largest absolute Gasteiger partial charge is 0.462 e. The summed E-state index contributed by atoms with van der Waals surface area (Å²) >= 11 is 11.4. The molecule has 5 nitrogen and oxygen atoms in total. The third kappa shape index (κ3) is 6.94. The van der Waals surface area contributed by atoms with Gasteiger partial charge in [-0.2, -0.15) is 0 Å². The maximum absolute atomic E-state index is 11.9. The van der Waals surface area contributed by atoms with Crippen molar-refractivity contribution in [1.82, 2.24) is 10.2 Å². The fourth-order valence-corrected chi connectivity index (χ4v) is 3.86. The Hall–Kier alpha value is -1.37. The molecule has 150 valence electrons. The fraction of sp³-hybridized carbons (Fsp3) is 0.600. The van der Waals surface area contributed by atoms with Crippen LogP contribution in [0, 0.1) is 0 Å². The molecule has 1 aliphatic rings. The van der Waals surface area contributed by atoms with Crippen molar-refractivity contribution < 1.29 is 9.53 Å². The van der Waals surface area contributed by atoms with E-state index in [0.717, 1.165) is 25.6 Å².